The molecule has 1 heterocycles. The number of hydrogen-bond donors (Lipinski definition) is 0. The van der Waals surface area contributed by atoms with Crippen LogP contribution in [0.15, 0.2) is 22.7 Å². The lowest BCUT2D eigenvalue weighted by molar-refractivity contribution is 0.616. The molecule has 0 amide bonds. The van der Waals surface area contributed by atoms with Gasteiger partial charge in [0.2, 0.25) is 0 Å². The summed E-state index contributed by atoms with van der Waals surface area (Å²) in [6, 6.07) is 4.98. The second kappa shape index (κ2) is 5.41. The molecule has 0 aliphatic heterocycles. The predicted octanol–water partition coefficient (Wildman–Crippen LogP) is 4.19. The highest BCUT2D eigenvalue weighted by molar-refractivity contribution is 9.10. The molecule has 0 unspecified atom stereocenters. The van der Waals surface area contributed by atoms with Crippen molar-refractivity contribution in [1.29, 1.82) is 0 Å². The molecular formula is C13H13BrClFN2. The van der Waals surface area contributed by atoms with Crippen LogP contribution >= 0.6 is 27.5 Å². The Labute approximate surface area is 119 Å². The summed E-state index contributed by atoms with van der Waals surface area (Å²) >= 11 is 9.07. The van der Waals surface area contributed by atoms with Crippen molar-refractivity contribution in [3.63, 3.8) is 0 Å². The molecule has 0 radical (unpaired) electrons. The van der Waals surface area contributed by atoms with Gasteiger partial charge < -0.3 is 0 Å². The predicted molar refractivity (Wildman–Crippen MR) is 74.5 cm³/mol. The molecular weight excluding hydrogens is 319 g/mol. The molecule has 0 aliphatic carbocycles. The Morgan fingerprint density at radius 3 is 2.67 bits per heavy atom. The van der Waals surface area contributed by atoms with Crippen LogP contribution in [0.5, 0.6) is 0 Å². The Kier molecular flexibility index (Phi) is 4.07. The lowest BCUT2D eigenvalue weighted by atomic mass is 10.2. The summed E-state index contributed by atoms with van der Waals surface area (Å²) in [5, 5.41) is 4.45. The summed E-state index contributed by atoms with van der Waals surface area (Å²) in [4.78, 5) is 0. The zero-order chi connectivity index (χ0) is 13.3. The van der Waals surface area contributed by atoms with Crippen molar-refractivity contribution in [1.82, 2.24) is 9.78 Å². The summed E-state index contributed by atoms with van der Waals surface area (Å²) in [5.41, 5.74) is 4.07. The maximum absolute atomic E-state index is 13.2. The van der Waals surface area contributed by atoms with Crippen molar-refractivity contribution in [3.8, 4) is 0 Å². The Bertz CT molecular complexity index is 581. The minimum Gasteiger partial charge on any atom is -0.265 e. The lowest BCUT2D eigenvalue weighted by Gasteiger charge is -2.06. The van der Waals surface area contributed by atoms with Gasteiger partial charge in [-0.05, 0) is 47.5 Å². The molecule has 0 N–H and O–H groups in total. The number of nitrogens with zero attached hydrogens (tertiary/aromatic N) is 2. The Morgan fingerprint density at radius 1 is 1.39 bits per heavy atom. The molecule has 0 saturated heterocycles. The second-order valence-corrected chi connectivity index (χ2v) is 5.31. The fourth-order valence-corrected chi connectivity index (χ4v) is 2.71. The van der Waals surface area contributed by atoms with Gasteiger partial charge in [0.05, 0.1) is 22.6 Å². The van der Waals surface area contributed by atoms with E-state index in [1.54, 1.807) is 12.1 Å². The molecule has 18 heavy (non-hydrogen) atoms. The topological polar surface area (TPSA) is 17.8 Å². The quantitative estimate of drug-likeness (QED) is 0.771. The fourth-order valence-electron chi connectivity index (χ4n) is 1.89. The van der Waals surface area contributed by atoms with E-state index < -0.39 is 0 Å². The molecule has 0 spiro atoms. The Morgan fingerprint density at radius 2 is 2.11 bits per heavy atom. The summed E-state index contributed by atoms with van der Waals surface area (Å²) in [6.45, 7) is 4.56. The van der Waals surface area contributed by atoms with Crippen molar-refractivity contribution >= 4 is 27.5 Å². The van der Waals surface area contributed by atoms with E-state index in [-0.39, 0.29) is 5.82 Å². The number of benzene rings is 1. The van der Waals surface area contributed by atoms with E-state index in [4.69, 9.17) is 11.6 Å². The number of aromatic nitrogens is 2. The van der Waals surface area contributed by atoms with E-state index in [1.165, 1.54) is 6.07 Å². The van der Waals surface area contributed by atoms with Crippen LogP contribution in [-0.2, 0) is 12.4 Å². The van der Waals surface area contributed by atoms with Crippen molar-refractivity contribution < 1.29 is 4.39 Å². The maximum atomic E-state index is 13.2. The molecule has 5 heteroatoms. The largest absolute Gasteiger partial charge is 0.265 e. The van der Waals surface area contributed by atoms with Crippen LogP contribution in [0.3, 0.4) is 0 Å². The van der Waals surface area contributed by atoms with Crippen LogP contribution in [0.4, 0.5) is 4.39 Å². The van der Waals surface area contributed by atoms with Gasteiger partial charge in [0.15, 0.2) is 0 Å². The molecule has 2 aromatic rings. The molecule has 1 aromatic heterocycles. The Balaban J connectivity index is 2.31. The maximum Gasteiger partial charge on any atom is 0.137 e. The molecule has 0 saturated carbocycles. The fraction of sp³-hybridized carbons (Fsp3) is 0.308. The van der Waals surface area contributed by atoms with Gasteiger partial charge in [0, 0.05) is 11.3 Å². The van der Waals surface area contributed by atoms with Gasteiger partial charge in [-0.3, -0.25) is 4.68 Å². The monoisotopic (exact) mass is 330 g/mol. The molecule has 0 bridgehead atoms. The lowest BCUT2D eigenvalue weighted by Crippen LogP contribution is -2.04. The highest BCUT2D eigenvalue weighted by atomic mass is 79.9. The van der Waals surface area contributed by atoms with Gasteiger partial charge in [-0.2, -0.15) is 5.10 Å². The number of halogens is 3. The van der Waals surface area contributed by atoms with E-state index in [9.17, 15) is 4.39 Å². The van der Waals surface area contributed by atoms with Crippen molar-refractivity contribution in [3.05, 3.63) is 51.0 Å². The highest BCUT2D eigenvalue weighted by Crippen LogP contribution is 2.20. The third-order valence-electron chi connectivity index (χ3n) is 2.98. The van der Waals surface area contributed by atoms with E-state index in [2.05, 4.69) is 21.0 Å². The van der Waals surface area contributed by atoms with Crippen LogP contribution < -0.4 is 0 Å². The first-order valence-electron chi connectivity index (χ1n) is 5.55. The zero-order valence-corrected chi connectivity index (χ0v) is 12.5. The summed E-state index contributed by atoms with van der Waals surface area (Å²) in [5.74, 6) is 0.207. The number of aryl methyl sites for hydroxylation is 1. The zero-order valence-electron chi connectivity index (χ0n) is 10.2. The van der Waals surface area contributed by atoms with Crippen LogP contribution in [0, 0.1) is 19.7 Å². The first-order chi connectivity index (χ1) is 8.52. The van der Waals surface area contributed by atoms with Crippen LogP contribution in [0.2, 0.25) is 0 Å². The van der Waals surface area contributed by atoms with Gasteiger partial charge in [-0.1, -0.05) is 6.07 Å². The van der Waals surface area contributed by atoms with E-state index in [0.29, 0.717) is 16.9 Å². The number of rotatable bonds is 3. The molecule has 1 aromatic carbocycles. The van der Waals surface area contributed by atoms with Crippen LogP contribution in [0.25, 0.3) is 0 Å². The average Bonchev–Trinajstić information content (AvgIpc) is 2.59. The minimum atomic E-state index is -0.256. The van der Waals surface area contributed by atoms with Crippen LogP contribution in [0.1, 0.15) is 22.5 Å². The first-order valence-corrected chi connectivity index (χ1v) is 6.88. The van der Waals surface area contributed by atoms with E-state index in [1.807, 2.05) is 18.5 Å². The summed E-state index contributed by atoms with van der Waals surface area (Å²) in [6.07, 6.45) is 0. The van der Waals surface area contributed by atoms with Gasteiger partial charge in [-0.25, -0.2) is 4.39 Å². The average molecular weight is 332 g/mol. The van der Waals surface area contributed by atoms with Gasteiger partial charge in [-0.15, -0.1) is 11.6 Å². The standard InChI is InChI=1S/C13H13BrClFN2/c1-8-11(6-15)9(2)18(17-8)7-10-3-4-13(16)12(14)5-10/h3-5H,6-7H2,1-2H3. The van der Waals surface area contributed by atoms with Gasteiger partial charge in [0.1, 0.15) is 5.82 Å². The molecule has 0 atom stereocenters. The van der Waals surface area contributed by atoms with Crippen molar-refractivity contribution in [2.24, 2.45) is 0 Å². The molecule has 2 rings (SSSR count). The van der Waals surface area contributed by atoms with Crippen molar-refractivity contribution in [2.75, 3.05) is 0 Å². The highest BCUT2D eigenvalue weighted by Gasteiger charge is 2.11. The van der Waals surface area contributed by atoms with E-state index >= 15 is 0 Å². The smallest absolute Gasteiger partial charge is 0.137 e. The summed E-state index contributed by atoms with van der Waals surface area (Å²) in [7, 11) is 0. The number of alkyl halides is 1. The Hall–Kier alpha value is -0.870. The van der Waals surface area contributed by atoms with Gasteiger partial charge >= 0.3 is 0 Å². The molecule has 0 aliphatic rings. The van der Waals surface area contributed by atoms with Crippen LogP contribution in [-0.4, -0.2) is 9.78 Å². The third kappa shape index (κ3) is 2.59. The normalized spacial score (nSPS) is 10.9. The van der Waals surface area contributed by atoms with E-state index in [0.717, 1.165) is 22.5 Å². The minimum absolute atomic E-state index is 0.256. The number of hydrogen-bond acceptors (Lipinski definition) is 1. The van der Waals surface area contributed by atoms with Crippen molar-refractivity contribution in [2.45, 2.75) is 26.3 Å². The molecule has 2 nitrogen and oxygen atoms in total. The summed E-state index contributed by atoms with van der Waals surface area (Å²) < 4.78 is 15.5. The molecule has 96 valence electrons. The second-order valence-electron chi connectivity index (χ2n) is 4.19. The third-order valence-corrected chi connectivity index (χ3v) is 3.86. The van der Waals surface area contributed by atoms with Gasteiger partial charge in [0.25, 0.3) is 0 Å². The SMILES string of the molecule is Cc1nn(Cc2ccc(F)c(Br)c2)c(C)c1CCl. The molecule has 0 fully saturated rings. The first kappa shape index (κ1) is 13.6.